The third-order valence-electron chi connectivity index (χ3n) is 8.91. The quantitative estimate of drug-likeness (QED) is 0.329. The number of hydrogen-bond acceptors (Lipinski definition) is 10. The van der Waals surface area contributed by atoms with Gasteiger partial charge in [0.1, 0.15) is 23.3 Å². The van der Waals surface area contributed by atoms with Crippen molar-refractivity contribution in [3.05, 3.63) is 35.9 Å². The molecule has 1 N–H and O–H groups in total. The minimum Gasteiger partial charge on any atom is -0.468 e. The topological polar surface area (TPSA) is 124 Å². The van der Waals surface area contributed by atoms with Gasteiger partial charge < -0.3 is 24.0 Å². The lowest BCUT2D eigenvalue weighted by Gasteiger charge is -2.41. The lowest BCUT2D eigenvalue weighted by Crippen LogP contribution is -2.54. The van der Waals surface area contributed by atoms with E-state index in [2.05, 4.69) is 16.7 Å². The molecule has 42 heavy (non-hydrogen) atoms. The van der Waals surface area contributed by atoms with Gasteiger partial charge in [-0.2, -0.15) is 9.97 Å². The molecule has 0 bridgehead atoms. The fourth-order valence-electron chi connectivity index (χ4n) is 6.31. The average Bonchev–Trinajstić information content (AvgIpc) is 3.57. The van der Waals surface area contributed by atoms with Gasteiger partial charge in [0.05, 0.1) is 31.4 Å². The number of aryl methyl sites for hydroxylation is 2. The van der Waals surface area contributed by atoms with Crippen LogP contribution in [0, 0.1) is 5.92 Å². The first-order valence-electron chi connectivity index (χ1n) is 14.8. The summed E-state index contributed by atoms with van der Waals surface area (Å²) in [6, 6.07) is 8.02. The number of benzene rings is 1. The van der Waals surface area contributed by atoms with E-state index >= 15 is 0 Å². The molecule has 0 radical (unpaired) electrons. The predicted octanol–water partition coefficient (Wildman–Crippen LogP) is 2.80. The monoisotopic (exact) mass is 576 g/mol. The van der Waals surface area contributed by atoms with Gasteiger partial charge in [0.15, 0.2) is 17.0 Å². The zero-order valence-electron chi connectivity index (χ0n) is 25.1. The molecule has 4 aromatic rings. The summed E-state index contributed by atoms with van der Waals surface area (Å²) in [7, 11) is 3.33. The maximum Gasteiger partial charge on any atom is 0.325 e. The largest absolute Gasteiger partial charge is 0.468 e. The second kappa shape index (κ2) is 11.2. The number of carbonyl (C=O) groups excluding carboxylic acids is 1. The molecule has 0 saturated carbocycles. The fraction of sp³-hybridized carbons (Fsp3) is 0.567. The molecule has 1 aromatic carbocycles. The standard InChI is InChI=1S/C30H40N8O4/c1-6-22-31-20-9-7-8-10-21(20)38(22)29-33-25-23(26(34-29)36-15-17-42-18-16-36)32-27(35(25)4)24(39)19-11-13-37(14-12-19)30(2,3)28(40)41-5/h7-10,19,24,39H,6,11-18H2,1-5H3/t24-/m0/s1. The van der Waals surface area contributed by atoms with E-state index < -0.39 is 11.6 Å². The van der Waals surface area contributed by atoms with Crippen molar-refractivity contribution in [1.82, 2.24) is 34.0 Å². The molecule has 2 aliphatic heterocycles. The molecule has 0 spiro atoms. The third kappa shape index (κ3) is 4.81. The third-order valence-corrected chi connectivity index (χ3v) is 8.91. The van der Waals surface area contributed by atoms with Crippen molar-refractivity contribution in [3.63, 3.8) is 0 Å². The van der Waals surface area contributed by atoms with Gasteiger partial charge in [0, 0.05) is 26.6 Å². The number of fused-ring (bicyclic) bond motifs is 2. The molecule has 0 amide bonds. The maximum atomic E-state index is 12.3. The number of morpholine rings is 1. The minimum absolute atomic E-state index is 0.00578. The van der Waals surface area contributed by atoms with Crippen LogP contribution in [0.4, 0.5) is 5.82 Å². The van der Waals surface area contributed by atoms with E-state index in [1.807, 2.05) is 54.3 Å². The molecule has 6 rings (SSSR count). The van der Waals surface area contributed by atoms with Gasteiger partial charge in [-0.3, -0.25) is 14.3 Å². The van der Waals surface area contributed by atoms with E-state index in [9.17, 15) is 9.90 Å². The normalized spacial score (nSPS) is 18.2. The smallest absolute Gasteiger partial charge is 0.325 e. The number of carbonyl (C=O) groups is 1. The van der Waals surface area contributed by atoms with E-state index in [4.69, 9.17) is 29.4 Å². The number of likely N-dealkylation sites (tertiary alicyclic amines) is 1. The van der Waals surface area contributed by atoms with Crippen molar-refractivity contribution >= 4 is 34.0 Å². The summed E-state index contributed by atoms with van der Waals surface area (Å²) in [4.78, 5) is 36.6. The molecule has 12 heteroatoms. The van der Waals surface area contributed by atoms with Crippen LogP contribution in [0.25, 0.3) is 28.1 Å². The first-order chi connectivity index (χ1) is 20.2. The summed E-state index contributed by atoms with van der Waals surface area (Å²) < 4.78 is 14.6. The van der Waals surface area contributed by atoms with Crippen molar-refractivity contribution in [3.8, 4) is 5.95 Å². The second-order valence-corrected chi connectivity index (χ2v) is 11.7. The molecule has 2 saturated heterocycles. The Morgan fingerprint density at radius 3 is 2.50 bits per heavy atom. The summed E-state index contributed by atoms with van der Waals surface area (Å²) in [5.41, 5.74) is 2.47. The van der Waals surface area contributed by atoms with Crippen LogP contribution in [-0.2, 0) is 27.7 Å². The summed E-state index contributed by atoms with van der Waals surface area (Å²) in [6.45, 7) is 9.83. The number of esters is 1. The summed E-state index contributed by atoms with van der Waals surface area (Å²) in [5, 5.41) is 11.7. The molecule has 0 aliphatic carbocycles. The Morgan fingerprint density at radius 1 is 1.10 bits per heavy atom. The number of aliphatic hydroxyl groups excluding tert-OH is 1. The van der Waals surface area contributed by atoms with E-state index in [1.165, 1.54) is 7.11 Å². The van der Waals surface area contributed by atoms with Crippen molar-refractivity contribution in [2.24, 2.45) is 13.0 Å². The van der Waals surface area contributed by atoms with Gasteiger partial charge in [-0.25, -0.2) is 9.97 Å². The molecule has 12 nitrogen and oxygen atoms in total. The highest BCUT2D eigenvalue weighted by Gasteiger charge is 2.40. The molecule has 2 fully saturated rings. The molecule has 224 valence electrons. The highest BCUT2D eigenvalue weighted by molar-refractivity contribution is 5.86. The highest BCUT2D eigenvalue weighted by atomic mass is 16.5. The SMILES string of the molecule is CCc1nc2ccccc2n1-c1nc(N2CCOCC2)c2nc([C@@H](O)C3CCN(C(C)(C)C(=O)OC)CC3)n(C)c2n1. The van der Waals surface area contributed by atoms with Crippen molar-refractivity contribution in [2.75, 3.05) is 51.4 Å². The number of nitrogens with zero attached hydrogens (tertiary/aromatic N) is 8. The van der Waals surface area contributed by atoms with E-state index in [1.54, 1.807) is 0 Å². The number of aliphatic hydroxyl groups is 1. The van der Waals surface area contributed by atoms with E-state index in [-0.39, 0.29) is 11.9 Å². The second-order valence-electron chi connectivity index (χ2n) is 11.7. The Morgan fingerprint density at radius 2 is 1.81 bits per heavy atom. The van der Waals surface area contributed by atoms with Crippen molar-refractivity contribution < 1.29 is 19.4 Å². The fourth-order valence-corrected chi connectivity index (χ4v) is 6.31. The van der Waals surface area contributed by atoms with Crippen LogP contribution in [0.1, 0.15) is 51.4 Å². The number of piperidine rings is 1. The molecular weight excluding hydrogens is 536 g/mol. The summed E-state index contributed by atoms with van der Waals surface area (Å²) >= 11 is 0. The van der Waals surface area contributed by atoms with E-state index in [0.29, 0.717) is 62.3 Å². The van der Waals surface area contributed by atoms with Crippen LogP contribution in [0.3, 0.4) is 0 Å². The number of imidazole rings is 2. The first kappa shape index (κ1) is 28.5. The predicted molar refractivity (Wildman–Crippen MR) is 159 cm³/mol. The Hall–Kier alpha value is -3.61. The van der Waals surface area contributed by atoms with Gasteiger partial charge in [-0.1, -0.05) is 19.1 Å². The van der Waals surface area contributed by atoms with Crippen molar-refractivity contribution in [1.29, 1.82) is 0 Å². The Kier molecular flexibility index (Phi) is 7.62. The van der Waals surface area contributed by atoms with Crippen LogP contribution in [-0.4, -0.2) is 97.1 Å². The zero-order valence-corrected chi connectivity index (χ0v) is 25.1. The lowest BCUT2D eigenvalue weighted by molar-refractivity contribution is -0.154. The Balaban J connectivity index is 1.39. The van der Waals surface area contributed by atoms with Gasteiger partial charge in [-0.05, 0) is 57.8 Å². The van der Waals surface area contributed by atoms with Crippen LogP contribution < -0.4 is 4.90 Å². The summed E-state index contributed by atoms with van der Waals surface area (Å²) in [5.74, 6) is 2.47. The lowest BCUT2D eigenvalue weighted by atomic mass is 9.88. The molecule has 5 heterocycles. The first-order valence-corrected chi connectivity index (χ1v) is 14.8. The molecule has 3 aromatic heterocycles. The number of anilines is 1. The van der Waals surface area contributed by atoms with Crippen molar-refractivity contribution in [2.45, 2.75) is 51.7 Å². The Bertz CT molecular complexity index is 1600. The van der Waals surface area contributed by atoms with Crippen LogP contribution in [0.2, 0.25) is 0 Å². The minimum atomic E-state index is -0.783. The number of methoxy groups -OCH3 is 1. The maximum absolute atomic E-state index is 12.3. The Labute approximate surface area is 245 Å². The van der Waals surface area contributed by atoms with Crippen LogP contribution in [0.5, 0.6) is 0 Å². The average molecular weight is 577 g/mol. The summed E-state index contributed by atoms with van der Waals surface area (Å²) in [6.07, 6.45) is 1.41. The number of hydrogen-bond donors (Lipinski definition) is 1. The van der Waals surface area contributed by atoms with Gasteiger partial charge in [0.25, 0.3) is 0 Å². The van der Waals surface area contributed by atoms with Gasteiger partial charge in [-0.15, -0.1) is 0 Å². The molecular formula is C30H40N8O4. The number of aromatic nitrogens is 6. The van der Waals surface area contributed by atoms with Gasteiger partial charge >= 0.3 is 5.97 Å². The molecule has 1 atom stereocenters. The molecule has 0 unspecified atom stereocenters. The van der Waals surface area contributed by atoms with Crippen LogP contribution >= 0.6 is 0 Å². The number of ether oxygens (including phenoxy) is 2. The van der Waals surface area contributed by atoms with E-state index in [0.717, 1.165) is 41.9 Å². The highest BCUT2D eigenvalue weighted by Crippen LogP contribution is 2.36. The van der Waals surface area contributed by atoms with Gasteiger partial charge in [0.2, 0.25) is 5.95 Å². The number of rotatable bonds is 7. The zero-order chi connectivity index (χ0) is 29.6. The van der Waals surface area contributed by atoms with Crippen LogP contribution in [0.15, 0.2) is 24.3 Å². The number of para-hydroxylation sites is 2. The molecule has 2 aliphatic rings.